The third-order valence-electron chi connectivity index (χ3n) is 5.67. The van der Waals surface area contributed by atoms with Gasteiger partial charge in [0.2, 0.25) is 11.8 Å². The molecular weight excluding hydrogens is 319 g/mol. The van der Waals surface area contributed by atoms with Crippen molar-refractivity contribution in [2.45, 2.75) is 46.0 Å². The number of benzene rings is 1. The summed E-state index contributed by atoms with van der Waals surface area (Å²) in [5.41, 5.74) is 1.47. The average molecular weight is 346 g/mol. The molecule has 0 saturated carbocycles. The van der Waals surface area contributed by atoms with Crippen molar-refractivity contribution in [2.24, 2.45) is 17.8 Å². The Bertz CT molecular complexity index is 651. The van der Waals surface area contributed by atoms with Gasteiger partial charge in [0.1, 0.15) is 5.82 Å². The minimum absolute atomic E-state index is 0.215. The fourth-order valence-electron chi connectivity index (χ4n) is 3.96. The highest BCUT2D eigenvalue weighted by molar-refractivity contribution is 5.98. The molecule has 2 fully saturated rings. The van der Waals surface area contributed by atoms with Crippen molar-refractivity contribution in [3.63, 3.8) is 0 Å². The van der Waals surface area contributed by atoms with Crippen molar-refractivity contribution < 1.29 is 14.0 Å². The van der Waals surface area contributed by atoms with Gasteiger partial charge in [0.05, 0.1) is 5.69 Å². The zero-order chi connectivity index (χ0) is 18.0. The lowest BCUT2D eigenvalue weighted by molar-refractivity contribution is -0.136. The normalized spacial score (nSPS) is 22.4. The minimum atomic E-state index is -0.246. The van der Waals surface area contributed by atoms with Gasteiger partial charge in [-0.2, -0.15) is 0 Å². The average Bonchev–Trinajstić information content (AvgIpc) is 2.58. The van der Waals surface area contributed by atoms with E-state index in [1.165, 1.54) is 0 Å². The maximum atomic E-state index is 14.6. The van der Waals surface area contributed by atoms with Crippen LogP contribution in [-0.4, -0.2) is 24.9 Å². The van der Waals surface area contributed by atoms with Crippen molar-refractivity contribution in [2.75, 3.05) is 18.0 Å². The molecule has 1 aromatic carbocycles. The monoisotopic (exact) mass is 346 g/mol. The van der Waals surface area contributed by atoms with Crippen LogP contribution in [0.2, 0.25) is 0 Å². The number of anilines is 1. The largest absolute Gasteiger partial charge is 0.369 e. The van der Waals surface area contributed by atoms with E-state index in [1.54, 1.807) is 6.07 Å². The van der Waals surface area contributed by atoms with Crippen LogP contribution in [-0.2, 0) is 16.0 Å². The summed E-state index contributed by atoms with van der Waals surface area (Å²) in [6.45, 7) is 6.30. The van der Waals surface area contributed by atoms with Gasteiger partial charge in [0.15, 0.2) is 0 Å². The lowest BCUT2D eigenvalue weighted by atomic mass is 9.86. The first-order valence-electron chi connectivity index (χ1n) is 9.31. The summed E-state index contributed by atoms with van der Waals surface area (Å²) in [4.78, 5) is 25.2. The first kappa shape index (κ1) is 17.9. The fourth-order valence-corrected chi connectivity index (χ4v) is 3.96. The molecule has 25 heavy (non-hydrogen) atoms. The second kappa shape index (κ2) is 7.54. The van der Waals surface area contributed by atoms with Crippen molar-refractivity contribution in [3.05, 3.63) is 29.6 Å². The number of halogens is 1. The molecule has 2 amide bonds. The topological polar surface area (TPSA) is 49.4 Å². The molecule has 136 valence electrons. The molecule has 2 aliphatic heterocycles. The van der Waals surface area contributed by atoms with E-state index in [2.05, 4.69) is 24.1 Å². The van der Waals surface area contributed by atoms with Crippen LogP contribution in [0.15, 0.2) is 18.2 Å². The van der Waals surface area contributed by atoms with Gasteiger partial charge in [-0.3, -0.25) is 14.9 Å². The van der Waals surface area contributed by atoms with Crippen LogP contribution in [0.5, 0.6) is 0 Å². The van der Waals surface area contributed by atoms with Crippen LogP contribution in [0, 0.1) is 23.6 Å². The summed E-state index contributed by atoms with van der Waals surface area (Å²) < 4.78 is 14.6. The number of imide groups is 1. The summed E-state index contributed by atoms with van der Waals surface area (Å²) in [6, 6.07) is 5.30. The molecule has 2 heterocycles. The van der Waals surface area contributed by atoms with Crippen LogP contribution in [0.4, 0.5) is 10.1 Å². The highest BCUT2D eigenvalue weighted by atomic mass is 19.1. The van der Waals surface area contributed by atoms with Gasteiger partial charge in [0, 0.05) is 25.4 Å². The number of nitrogens with one attached hydrogen (secondary N) is 1. The Labute approximate surface area is 148 Å². The first-order chi connectivity index (χ1) is 11.9. The Hall–Kier alpha value is -1.91. The van der Waals surface area contributed by atoms with Crippen LogP contribution < -0.4 is 10.2 Å². The summed E-state index contributed by atoms with van der Waals surface area (Å²) in [6.07, 6.45) is 3.59. The minimum Gasteiger partial charge on any atom is -0.369 e. The third kappa shape index (κ3) is 4.20. The van der Waals surface area contributed by atoms with Crippen molar-refractivity contribution >= 4 is 17.5 Å². The second-order valence-corrected chi connectivity index (χ2v) is 7.71. The van der Waals surface area contributed by atoms with Crippen LogP contribution in [0.3, 0.4) is 0 Å². The molecular formula is C20H27FN2O2. The number of rotatable bonds is 4. The maximum absolute atomic E-state index is 14.6. The Morgan fingerprint density at radius 3 is 2.52 bits per heavy atom. The Balaban J connectivity index is 1.63. The highest BCUT2D eigenvalue weighted by Crippen LogP contribution is 2.30. The van der Waals surface area contributed by atoms with Crippen molar-refractivity contribution in [1.82, 2.24) is 5.32 Å². The van der Waals surface area contributed by atoms with E-state index in [1.807, 2.05) is 12.1 Å². The quantitative estimate of drug-likeness (QED) is 0.851. The molecule has 0 aromatic heterocycles. The van der Waals surface area contributed by atoms with Gasteiger partial charge in [-0.05, 0) is 55.2 Å². The number of nitrogens with zero attached hydrogens (tertiary/aromatic N) is 1. The van der Waals surface area contributed by atoms with E-state index in [-0.39, 0.29) is 23.5 Å². The summed E-state index contributed by atoms with van der Waals surface area (Å²) in [7, 11) is 0. The smallest absolute Gasteiger partial charge is 0.230 e. The zero-order valence-corrected chi connectivity index (χ0v) is 15.1. The number of hydrogen-bond donors (Lipinski definition) is 1. The predicted octanol–water partition coefficient (Wildman–Crippen LogP) is 3.29. The van der Waals surface area contributed by atoms with Gasteiger partial charge in [0.25, 0.3) is 0 Å². The van der Waals surface area contributed by atoms with E-state index in [0.29, 0.717) is 30.9 Å². The molecule has 3 rings (SSSR count). The molecule has 0 radical (unpaired) electrons. The number of carbonyl (C=O) groups excluding carboxylic acids is 2. The fraction of sp³-hybridized carbons (Fsp3) is 0.600. The van der Waals surface area contributed by atoms with Gasteiger partial charge in [-0.15, -0.1) is 0 Å². The number of carbonyl (C=O) groups is 2. The van der Waals surface area contributed by atoms with Gasteiger partial charge in [-0.1, -0.05) is 19.9 Å². The van der Waals surface area contributed by atoms with Crippen molar-refractivity contribution in [1.29, 1.82) is 0 Å². The van der Waals surface area contributed by atoms with E-state index in [4.69, 9.17) is 0 Å². The van der Waals surface area contributed by atoms with Gasteiger partial charge >= 0.3 is 0 Å². The molecule has 2 saturated heterocycles. The second-order valence-electron chi connectivity index (χ2n) is 7.71. The summed E-state index contributed by atoms with van der Waals surface area (Å²) in [5.74, 6) is 0.496. The number of piperidine rings is 2. The molecule has 0 bridgehead atoms. The third-order valence-corrected chi connectivity index (χ3v) is 5.67. The summed E-state index contributed by atoms with van der Waals surface area (Å²) >= 11 is 0. The molecule has 1 N–H and O–H groups in total. The zero-order valence-electron chi connectivity index (χ0n) is 15.1. The predicted molar refractivity (Wildman–Crippen MR) is 95.8 cm³/mol. The Morgan fingerprint density at radius 1 is 1.20 bits per heavy atom. The van der Waals surface area contributed by atoms with Crippen LogP contribution in [0.25, 0.3) is 0 Å². The van der Waals surface area contributed by atoms with Crippen molar-refractivity contribution in [3.8, 4) is 0 Å². The molecule has 1 unspecified atom stereocenters. The number of amides is 2. The Morgan fingerprint density at radius 2 is 1.92 bits per heavy atom. The SMILES string of the molecule is CC(C)C1CCN(c2ccc(CC3CCC(=O)NC3=O)cc2F)CC1. The van der Waals surface area contributed by atoms with E-state index in [0.717, 1.165) is 37.4 Å². The van der Waals surface area contributed by atoms with Crippen LogP contribution >= 0.6 is 0 Å². The molecule has 1 atom stereocenters. The molecule has 5 heteroatoms. The highest BCUT2D eigenvalue weighted by Gasteiger charge is 2.27. The van der Waals surface area contributed by atoms with E-state index < -0.39 is 0 Å². The first-order valence-corrected chi connectivity index (χ1v) is 9.31. The molecule has 4 nitrogen and oxygen atoms in total. The standard InChI is InChI=1S/C20H27FN2O2/c1-13(2)15-7-9-23(10-8-15)18-5-3-14(12-17(18)21)11-16-4-6-19(24)22-20(16)25/h3,5,12-13,15-16H,4,6-11H2,1-2H3,(H,22,24,25). The maximum Gasteiger partial charge on any atom is 0.230 e. The summed E-state index contributed by atoms with van der Waals surface area (Å²) in [5, 5.41) is 2.36. The lowest BCUT2D eigenvalue weighted by Crippen LogP contribution is -2.41. The van der Waals surface area contributed by atoms with Gasteiger partial charge < -0.3 is 4.90 Å². The molecule has 2 aliphatic rings. The molecule has 1 aromatic rings. The van der Waals surface area contributed by atoms with E-state index in [9.17, 15) is 14.0 Å². The van der Waals surface area contributed by atoms with Gasteiger partial charge in [-0.25, -0.2) is 4.39 Å². The van der Waals surface area contributed by atoms with E-state index >= 15 is 0 Å². The molecule has 0 aliphatic carbocycles. The Kier molecular flexibility index (Phi) is 5.40. The number of hydrogen-bond acceptors (Lipinski definition) is 3. The van der Waals surface area contributed by atoms with Crippen LogP contribution in [0.1, 0.15) is 45.1 Å². The molecule has 0 spiro atoms. The lowest BCUT2D eigenvalue weighted by Gasteiger charge is -2.35.